The van der Waals surface area contributed by atoms with Crippen LogP contribution in [0.4, 0.5) is 4.39 Å². The van der Waals surface area contributed by atoms with E-state index in [0.717, 1.165) is 0 Å². The molecule has 0 radical (unpaired) electrons. The zero-order valence-corrected chi connectivity index (χ0v) is 15.1. The highest BCUT2D eigenvalue weighted by Crippen LogP contribution is 2.37. The van der Waals surface area contributed by atoms with Crippen molar-refractivity contribution < 1.29 is 28.4 Å². The molecule has 0 amide bonds. The minimum Gasteiger partial charge on any atom is -0.462 e. The van der Waals surface area contributed by atoms with Crippen LogP contribution in [0.5, 0.6) is 0 Å². The van der Waals surface area contributed by atoms with Crippen LogP contribution in [0.3, 0.4) is 0 Å². The van der Waals surface area contributed by atoms with Crippen molar-refractivity contribution in [1.82, 2.24) is 0 Å². The summed E-state index contributed by atoms with van der Waals surface area (Å²) in [5, 5.41) is 11.6. The van der Waals surface area contributed by atoms with E-state index in [1.807, 2.05) is 0 Å². The Morgan fingerprint density at radius 2 is 1.85 bits per heavy atom. The molecule has 0 bridgehead atoms. The van der Waals surface area contributed by atoms with E-state index in [-0.39, 0.29) is 35.8 Å². The normalized spacial score (nSPS) is 19.3. The van der Waals surface area contributed by atoms with E-state index in [0.29, 0.717) is 0 Å². The number of allylic oxidation sites excluding steroid dienone is 1. The van der Waals surface area contributed by atoms with Gasteiger partial charge in [0.05, 0.1) is 17.2 Å². The van der Waals surface area contributed by atoms with Crippen LogP contribution < -0.4 is 0 Å². The number of hydrogen-bond acceptors (Lipinski definition) is 7. The number of nitro groups is 1. The van der Waals surface area contributed by atoms with Crippen LogP contribution in [0.1, 0.15) is 32.3 Å². The maximum absolute atomic E-state index is 14.4. The molecular formula is C18H19FN2O6. The van der Waals surface area contributed by atoms with Crippen molar-refractivity contribution in [3.63, 3.8) is 0 Å². The summed E-state index contributed by atoms with van der Waals surface area (Å²) >= 11 is 0. The van der Waals surface area contributed by atoms with Crippen molar-refractivity contribution in [2.75, 3.05) is 13.2 Å². The Balaban J connectivity index is 2.42. The topological polar surface area (TPSA) is 108 Å². The van der Waals surface area contributed by atoms with Crippen molar-refractivity contribution in [3.05, 3.63) is 57.0 Å². The van der Waals surface area contributed by atoms with Gasteiger partial charge in [-0.05, 0) is 19.9 Å². The molecule has 8 nitrogen and oxygen atoms in total. The molecular weight excluding hydrogens is 359 g/mol. The summed E-state index contributed by atoms with van der Waals surface area (Å²) in [7, 11) is 0. The van der Waals surface area contributed by atoms with Gasteiger partial charge in [-0.3, -0.25) is 19.9 Å². The highest BCUT2D eigenvalue weighted by atomic mass is 19.1. The van der Waals surface area contributed by atoms with Gasteiger partial charge in [-0.1, -0.05) is 18.2 Å². The van der Waals surface area contributed by atoms with Crippen molar-refractivity contribution in [1.29, 1.82) is 0 Å². The molecule has 1 heterocycles. The quantitative estimate of drug-likeness (QED) is 0.325. The molecule has 27 heavy (non-hydrogen) atoms. The molecule has 2 atom stereocenters. The van der Waals surface area contributed by atoms with Gasteiger partial charge in [-0.2, -0.15) is 0 Å². The number of benzene rings is 1. The molecule has 0 saturated carbocycles. The average molecular weight is 378 g/mol. The van der Waals surface area contributed by atoms with Gasteiger partial charge < -0.3 is 9.47 Å². The first-order valence-corrected chi connectivity index (χ1v) is 8.18. The standard InChI is InChI=1S/C18H19FN2O6/c1-10-15(18(23)27-9-8-26-12(3)22)16(13-6-4-5-7-14(13)19)17(21(24)25)11(2)20-10/h4-7,16-17H,8-9H2,1-3H3. The van der Waals surface area contributed by atoms with Gasteiger partial charge in [-0.25, -0.2) is 9.18 Å². The largest absolute Gasteiger partial charge is 0.462 e. The van der Waals surface area contributed by atoms with Crippen molar-refractivity contribution in [2.24, 2.45) is 4.99 Å². The second-order valence-corrected chi connectivity index (χ2v) is 5.96. The summed E-state index contributed by atoms with van der Waals surface area (Å²) in [6.45, 7) is 3.80. The molecule has 0 aliphatic carbocycles. The molecule has 0 saturated heterocycles. The van der Waals surface area contributed by atoms with E-state index in [1.165, 1.54) is 45.0 Å². The lowest BCUT2D eigenvalue weighted by Gasteiger charge is -2.27. The van der Waals surface area contributed by atoms with Gasteiger partial charge >= 0.3 is 11.9 Å². The first-order chi connectivity index (χ1) is 12.7. The molecule has 1 aromatic rings. The van der Waals surface area contributed by atoms with E-state index < -0.39 is 34.6 Å². The highest BCUT2D eigenvalue weighted by molar-refractivity contribution is 5.98. The number of aliphatic imine (C=N–C) groups is 1. The first kappa shape index (κ1) is 20.2. The third-order valence-electron chi connectivity index (χ3n) is 4.10. The lowest BCUT2D eigenvalue weighted by molar-refractivity contribution is -0.505. The molecule has 144 valence electrons. The Bertz CT molecular complexity index is 833. The first-order valence-electron chi connectivity index (χ1n) is 8.18. The number of rotatable bonds is 6. The van der Waals surface area contributed by atoms with Gasteiger partial charge in [-0.15, -0.1) is 0 Å². The second kappa shape index (κ2) is 8.52. The predicted octanol–water partition coefficient (Wildman–Crippen LogP) is 2.41. The van der Waals surface area contributed by atoms with Gasteiger partial charge in [0.15, 0.2) is 0 Å². The molecule has 1 aliphatic heterocycles. The summed E-state index contributed by atoms with van der Waals surface area (Å²) < 4.78 is 24.2. The zero-order valence-electron chi connectivity index (χ0n) is 15.1. The molecule has 1 aliphatic rings. The number of hydrogen-bond donors (Lipinski definition) is 0. The molecule has 0 N–H and O–H groups in total. The van der Waals surface area contributed by atoms with E-state index in [1.54, 1.807) is 0 Å². The fourth-order valence-corrected chi connectivity index (χ4v) is 3.01. The number of nitrogens with zero attached hydrogens (tertiary/aromatic N) is 2. The maximum atomic E-state index is 14.4. The third kappa shape index (κ3) is 4.55. The summed E-state index contributed by atoms with van der Waals surface area (Å²) in [5.41, 5.74) is 0.313. The molecule has 9 heteroatoms. The Morgan fingerprint density at radius 3 is 2.44 bits per heavy atom. The molecule has 2 rings (SSSR count). The Hall–Kier alpha value is -3.10. The van der Waals surface area contributed by atoms with Crippen LogP contribution in [0.2, 0.25) is 0 Å². The molecule has 0 fully saturated rings. The van der Waals surface area contributed by atoms with Gasteiger partial charge in [0.25, 0.3) is 6.04 Å². The minimum atomic E-state index is -1.40. The van der Waals surface area contributed by atoms with Gasteiger partial charge in [0.2, 0.25) is 0 Å². The number of carbonyl (C=O) groups is 2. The number of esters is 2. The number of ether oxygens (including phenoxy) is 2. The second-order valence-electron chi connectivity index (χ2n) is 5.96. The van der Waals surface area contributed by atoms with Crippen LogP contribution in [0.15, 0.2) is 40.5 Å². The Kier molecular flexibility index (Phi) is 6.38. The third-order valence-corrected chi connectivity index (χ3v) is 4.10. The summed E-state index contributed by atoms with van der Waals surface area (Å²) in [6.07, 6.45) is 0. The lowest BCUT2D eigenvalue weighted by atomic mass is 9.80. The molecule has 2 unspecified atom stereocenters. The maximum Gasteiger partial charge on any atom is 0.336 e. The lowest BCUT2D eigenvalue weighted by Crippen LogP contribution is -2.40. The predicted molar refractivity (Wildman–Crippen MR) is 93.3 cm³/mol. The Morgan fingerprint density at radius 1 is 1.22 bits per heavy atom. The highest BCUT2D eigenvalue weighted by Gasteiger charge is 2.45. The van der Waals surface area contributed by atoms with Crippen LogP contribution in [-0.2, 0) is 19.1 Å². The van der Waals surface area contributed by atoms with Crippen LogP contribution in [-0.4, -0.2) is 41.8 Å². The van der Waals surface area contributed by atoms with Gasteiger partial charge in [0.1, 0.15) is 19.0 Å². The Labute approximate surface area is 154 Å². The smallest absolute Gasteiger partial charge is 0.336 e. The molecule has 0 spiro atoms. The van der Waals surface area contributed by atoms with E-state index >= 15 is 0 Å². The fourth-order valence-electron chi connectivity index (χ4n) is 3.01. The monoisotopic (exact) mass is 378 g/mol. The van der Waals surface area contributed by atoms with Crippen LogP contribution >= 0.6 is 0 Å². The van der Waals surface area contributed by atoms with Crippen molar-refractivity contribution in [2.45, 2.75) is 32.7 Å². The van der Waals surface area contributed by atoms with Crippen molar-refractivity contribution >= 4 is 17.7 Å². The molecule has 1 aromatic carbocycles. The van der Waals surface area contributed by atoms with E-state index in [2.05, 4.69) is 9.73 Å². The number of carbonyl (C=O) groups excluding carboxylic acids is 2. The number of halogens is 1. The van der Waals surface area contributed by atoms with Crippen LogP contribution in [0.25, 0.3) is 0 Å². The average Bonchev–Trinajstić information content (AvgIpc) is 2.57. The van der Waals surface area contributed by atoms with Crippen molar-refractivity contribution in [3.8, 4) is 0 Å². The zero-order chi connectivity index (χ0) is 20.1. The fraction of sp³-hybridized carbons (Fsp3) is 0.389. The van der Waals surface area contributed by atoms with Crippen LogP contribution in [0, 0.1) is 15.9 Å². The van der Waals surface area contributed by atoms with Gasteiger partial charge in [0, 0.05) is 23.1 Å². The van der Waals surface area contributed by atoms with E-state index in [4.69, 9.17) is 4.74 Å². The summed E-state index contributed by atoms with van der Waals surface area (Å²) in [4.78, 5) is 38.5. The SMILES string of the molecule is CC(=O)OCCOC(=O)C1=C(C)N=C(C)C([N+](=O)[O-])C1c1ccccc1F. The summed E-state index contributed by atoms with van der Waals surface area (Å²) in [6, 6.07) is 4.16. The minimum absolute atomic E-state index is 0.0136. The summed E-state index contributed by atoms with van der Waals surface area (Å²) in [5.74, 6) is -3.24. The molecule has 0 aromatic heterocycles. The van der Waals surface area contributed by atoms with E-state index in [9.17, 15) is 24.1 Å².